The number of hydrogen-bond acceptors (Lipinski definition) is 6. The molecule has 0 bridgehead atoms. The predicted octanol–water partition coefficient (Wildman–Crippen LogP) is 4.13. The third-order valence-electron chi connectivity index (χ3n) is 5.25. The molecule has 3 heterocycles. The maximum atomic E-state index is 12.8. The van der Waals surface area contributed by atoms with Crippen LogP contribution in [0.5, 0.6) is 5.75 Å². The van der Waals surface area contributed by atoms with Crippen LogP contribution in [-0.4, -0.2) is 51.5 Å². The molecule has 0 saturated carbocycles. The highest BCUT2D eigenvalue weighted by atomic mass is 32.2. The summed E-state index contributed by atoms with van der Waals surface area (Å²) < 4.78 is 12.7. The maximum Gasteiger partial charge on any atom is 0.233 e. The summed E-state index contributed by atoms with van der Waals surface area (Å²) >= 11 is 1.40. The largest absolute Gasteiger partial charge is 0.497 e. The summed E-state index contributed by atoms with van der Waals surface area (Å²) in [5.41, 5.74) is 0.877. The van der Waals surface area contributed by atoms with Gasteiger partial charge in [0, 0.05) is 13.1 Å². The number of amides is 1. The van der Waals surface area contributed by atoms with Crippen LogP contribution in [0.15, 0.2) is 52.2 Å². The Morgan fingerprint density at radius 1 is 1.17 bits per heavy atom. The SMILES string of the molecule is COc1ccc(-n2c(SCC(=O)N3CC(C)CC(C)C3)nnc2-c2ccco2)cc1. The monoisotopic (exact) mass is 426 g/mol. The van der Waals surface area contributed by atoms with Gasteiger partial charge in [0.05, 0.1) is 24.8 Å². The van der Waals surface area contributed by atoms with Crippen molar-refractivity contribution in [1.29, 1.82) is 0 Å². The number of thioether (sulfide) groups is 1. The van der Waals surface area contributed by atoms with Crippen LogP contribution in [0.1, 0.15) is 20.3 Å². The molecule has 1 saturated heterocycles. The van der Waals surface area contributed by atoms with Crippen LogP contribution in [0.2, 0.25) is 0 Å². The normalized spacial score (nSPS) is 19.1. The third kappa shape index (κ3) is 4.38. The summed E-state index contributed by atoms with van der Waals surface area (Å²) in [4.78, 5) is 14.8. The highest BCUT2D eigenvalue weighted by Gasteiger charge is 2.26. The standard InChI is InChI=1S/C22H26N4O3S/c1-15-11-16(2)13-25(12-15)20(27)14-30-22-24-23-21(19-5-4-10-29-19)26(22)17-6-8-18(28-3)9-7-17/h4-10,15-16H,11-14H2,1-3H3. The minimum absolute atomic E-state index is 0.141. The van der Waals surface area contributed by atoms with E-state index in [1.54, 1.807) is 13.4 Å². The summed E-state index contributed by atoms with van der Waals surface area (Å²) in [6.07, 6.45) is 2.78. The zero-order valence-electron chi connectivity index (χ0n) is 17.4. The average molecular weight is 427 g/mol. The van der Waals surface area contributed by atoms with Crippen LogP contribution >= 0.6 is 11.8 Å². The molecule has 0 spiro atoms. The fourth-order valence-corrected chi connectivity index (χ4v) is 4.83. The molecule has 1 aliphatic rings. The van der Waals surface area contributed by atoms with Gasteiger partial charge in [-0.15, -0.1) is 10.2 Å². The first-order chi connectivity index (χ1) is 14.5. The predicted molar refractivity (Wildman–Crippen MR) is 116 cm³/mol. The van der Waals surface area contributed by atoms with Crippen molar-refractivity contribution in [2.45, 2.75) is 25.4 Å². The molecule has 0 N–H and O–H groups in total. The lowest BCUT2D eigenvalue weighted by Crippen LogP contribution is -2.43. The first-order valence-corrected chi connectivity index (χ1v) is 11.1. The maximum absolute atomic E-state index is 12.8. The minimum Gasteiger partial charge on any atom is -0.497 e. The van der Waals surface area contributed by atoms with E-state index >= 15 is 0 Å². The highest BCUT2D eigenvalue weighted by molar-refractivity contribution is 7.99. The Morgan fingerprint density at radius 3 is 2.53 bits per heavy atom. The van der Waals surface area contributed by atoms with Crippen LogP contribution in [0.4, 0.5) is 0 Å². The average Bonchev–Trinajstić information content (AvgIpc) is 3.41. The highest BCUT2D eigenvalue weighted by Crippen LogP contribution is 2.30. The van der Waals surface area contributed by atoms with Gasteiger partial charge in [0.15, 0.2) is 10.9 Å². The van der Waals surface area contributed by atoms with Crippen molar-refractivity contribution >= 4 is 17.7 Å². The number of rotatable bonds is 6. The number of ether oxygens (including phenoxy) is 1. The van der Waals surface area contributed by atoms with Crippen LogP contribution in [0, 0.1) is 11.8 Å². The van der Waals surface area contributed by atoms with Crippen LogP contribution < -0.4 is 4.74 Å². The van der Waals surface area contributed by atoms with Crippen molar-refractivity contribution in [1.82, 2.24) is 19.7 Å². The lowest BCUT2D eigenvalue weighted by atomic mass is 9.92. The van der Waals surface area contributed by atoms with E-state index in [0.29, 0.717) is 34.3 Å². The minimum atomic E-state index is 0.141. The molecule has 4 rings (SSSR count). The molecule has 2 unspecified atom stereocenters. The van der Waals surface area contributed by atoms with Crippen molar-refractivity contribution in [2.75, 3.05) is 26.0 Å². The van der Waals surface area contributed by atoms with Gasteiger partial charge in [-0.05, 0) is 54.7 Å². The summed E-state index contributed by atoms with van der Waals surface area (Å²) in [6.45, 7) is 6.07. The molecule has 8 heteroatoms. The number of methoxy groups -OCH3 is 1. The number of hydrogen-bond donors (Lipinski definition) is 0. The molecular formula is C22H26N4O3S. The molecule has 1 aromatic carbocycles. The second-order valence-electron chi connectivity index (χ2n) is 7.85. The van der Waals surface area contributed by atoms with E-state index in [2.05, 4.69) is 24.0 Å². The van der Waals surface area contributed by atoms with Gasteiger partial charge < -0.3 is 14.1 Å². The Kier molecular flexibility index (Phi) is 6.13. The van der Waals surface area contributed by atoms with E-state index in [1.807, 2.05) is 45.9 Å². The van der Waals surface area contributed by atoms with Gasteiger partial charge in [-0.3, -0.25) is 9.36 Å². The van der Waals surface area contributed by atoms with Crippen molar-refractivity contribution < 1.29 is 13.9 Å². The van der Waals surface area contributed by atoms with E-state index in [9.17, 15) is 4.79 Å². The summed E-state index contributed by atoms with van der Waals surface area (Å²) in [5, 5.41) is 9.34. The lowest BCUT2D eigenvalue weighted by Gasteiger charge is -2.34. The second-order valence-corrected chi connectivity index (χ2v) is 8.79. The number of carbonyl (C=O) groups is 1. The quantitative estimate of drug-likeness (QED) is 0.552. The molecule has 1 fully saturated rings. The van der Waals surface area contributed by atoms with Gasteiger partial charge in [-0.2, -0.15) is 0 Å². The zero-order chi connectivity index (χ0) is 21.1. The number of aromatic nitrogens is 3. The van der Waals surface area contributed by atoms with Crippen molar-refractivity contribution in [3.05, 3.63) is 42.7 Å². The van der Waals surface area contributed by atoms with Gasteiger partial charge in [-0.25, -0.2) is 0 Å². The Labute approximate surface area is 180 Å². The van der Waals surface area contributed by atoms with Crippen molar-refractivity contribution in [2.24, 2.45) is 11.8 Å². The summed E-state index contributed by atoms with van der Waals surface area (Å²) in [5.74, 6) is 3.53. The Bertz CT molecular complexity index is 974. The van der Waals surface area contributed by atoms with E-state index in [4.69, 9.17) is 9.15 Å². The van der Waals surface area contributed by atoms with Gasteiger partial charge in [0.25, 0.3) is 0 Å². The van der Waals surface area contributed by atoms with E-state index in [1.165, 1.54) is 18.2 Å². The summed E-state index contributed by atoms with van der Waals surface area (Å²) in [7, 11) is 1.64. The number of piperidine rings is 1. The third-order valence-corrected chi connectivity index (χ3v) is 6.17. The first kappa shape index (κ1) is 20.5. The molecule has 7 nitrogen and oxygen atoms in total. The molecule has 158 valence electrons. The van der Waals surface area contributed by atoms with Crippen molar-refractivity contribution in [3.63, 3.8) is 0 Å². The number of furan rings is 1. The van der Waals surface area contributed by atoms with Crippen LogP contribution in [0.25, 0.3) is 17.3 Å². The van der Waals surface area contributed by atoms with Gasteiger partial charge in [-0.1, -0.05) is 25.6 Å². The molecule has 2 aromatic heterocycles. The molecule has 2 atom stereocenters. The molecule has 0 radical (unpaired) electrons. The van der Waals surface area contributed by atoms with Gasteiger partial charge in [0.2, 0.25) is 11.7 Å². The second kappa shape index (κ2) is 8.95. The molecule has 1 amide bonds. The van der Waals surface area contributed by atoms with Crippen molar-refractivity contribution in [3.8, 4) is 23.0 Å². The number of nitrogens with zero attached hydrogens (tertiary/aromatic N) is 4. The number of benzene rings is 1. The lowest BCUT2D eigenvalue weighted by molar-refractivity contribution is -0.130. The molecule has 0 aliphatic carbocycles. The summed E-state index contributed by atoms with van der Waals surface area (Å²) in [6, 6.07) is 11.3. The van der Waals surface area contributed by atoms with Crippen LogP contribution in [-0.2, 0) is 4.79 Å². The van der Waals surface area contributed by atoms with E-state index < -0.39 is 0 Å². The fraction of sp³-hybridized carbons (Fsp3) is 0.409. The van der Waals surface area contributed by atoms with Crippen LogP contribution in [0.3, 0.4) is 0 Å². The number of carbonyl (C=O) groups excluding carboxylic acids is 1. The van der Waals surface area contributed by atoms with E-state index in [-0.39, 0.29) is 5.91 Å². The molecular weight excluding hydrogens is 400 g/mol. The molecule has 3 aromatic rings. The zero-order valence-corrected chi connectivity index (χ0v) is 18.3. The fourth-order valence-electron chi connectivity index (χ4n) is 3.98. The smallest absolute Gasteiger partial charge is 0.233 e. The topological polar surface area (TPSA) is 73.4 Å². The Hall–Kier alpha value is -2.74. The number of likely N-dealkylation sites (tertiary alicyclic amines) is 1. The van der Waals surface area contributed by atoms with E-state index in [0.717, 1.165) is 24.5 Å². The first-order valence-electron chi connectivity index (χ1n) is 10.1. The van der Waals surface area contributed by atoms with Gasteiger partial charge in [0.1, 0.15) is 5.75 Å². The molecule has 1 aliphatic heterocycles. The molecule has 30 heavy (non-hydrogen) atoms. The van der Waals surface area contributed by atoms with Gasteiger partial charge >= 0.3 is 0 Å². The Morgan fingerprint density at radius 2 is 1.90 bits per heavy atom. The Balaban J connectivity index is 1.57.